The number of carbonyl (C=O) groups excluding carboxylic acids is 2. The number of thioether (sulfide) groups is 1. The first-order valence-electron chi connectivity index (χ1n) is 11.3. The molecule has 0 aliphatic carbocycles. The molecule has 0 aromatic heterocycles. The number of nitrogens with zero attached hydrogens (tertiary/aromatic N) is 1. The van der Waals surface area contributed by atoms with Crippen LogP contribution in [0.3, 0.4) is 0 Å². The van der Waals surface area contributed by atoms with E-state index in [1.807, 2.05) is 37.3 Å². The molecule has 1 aromatic rings. The molecule has 2 aliphatic heterocycles. The van der Waals surface area contributed by atoms with Crippen molar-refractivity contribution in [2.75, 3.05) is 12.4 Å². The number of aliphatic imine (C=N–C) groups is 1. The lowest BCUT2D eigenvalue weighted by atomic mass is 9.94. The Labute approximate surface area is 200 Å². The van der Waals surface area contributed by atoms with Crippen LogP contribution in [-0.2, 0) is 28.5 Å². The number of ether oxygens (including phenoxy) is 4. The number of carbonyl (C=O) groups is 2. The van der Waals surface area contributed by atoms with Crippen molar-refractivity contribution in [1.82, 2.24) is 0 Å². The van der Waals surface area contributed by atoms with Crippen LogP contribution in [0.2, 0.25) is 0 Å². The Bertz CT molecular complexity index is 873. The quantitative estimate of drug-likeness (QED) is 0.588. The first-order valence-corrected chi connectivity index (χ1v) is 12.4. The second-order valence-electron chi connectivity index (χ2n) is 10.3. The molecule has 8 heteroatoms. The number of benzene rings is 1. The highest BCUT2D eigenvalue weighted by Crippen LogP contribution is 2.38. The van der Waals surface area contributed by atoms with E-state index in [4.69, 9.17) is 18.9 Å². The fourth-order valence-electron chi connectivity index (χ4n) is 3.34. The van der Waals surface area contributed by atoms with Gasteiger partial charge in [-0.2, -0.15) is 0 Å². The number of esters is 1. The van der Waals surface area contributed by atoms with Crippen molar-refractivity contribution in [3.05, 3.63) is 35.9 Å². The molecule has 0 bridgehead atoms. The summed E-state index contributed by atoms with van der Waals surface area (Å²) in [5.41, 5.74) is -0.724. The Hall–Kier alpha value is -1.74. The molecular weight excluding hydrogens is 442 g/mol. The standard InChI is InChI=1S/C25H35NO6S/c1-8-33-21-17(26-22(27)24(2,3)4)19(32-23(28)25(5,6)7)18-16(30-21)14-29-20(31-18)15-12-10-9-11-13-15/h9-13,16,18-21H,8,14H2,1-7H3/t16-,18-,19-,20?,21-/m1/s1. The van der Waals surface area contributed by atoms with Crippen LogP contribution < -0.4 is 0 Å². The summed E-state index contributed by atoms with van der Waals surface area (Å²) < 4.78 is 24.5. The monoisotopic (exact) mass is 477 g/mol. The normalized spacial score (nSPS) is 29.4. The van der Waals surface area contributed by atoms with Crippen molar-refractivity contribution < 1.29 is 28.5 Å². The number of amides is 1. The van der Waals surface area contributed by atoms with Gasteiger partial charge in [-0.05, 0) is 26.5 Å². The molecule has 182 valence electrons. The summed E-state index contributed by atoms with van der Waals surface area (Å²) in [5.74, 6) is 0.0411. The number of hydrogen-bond donors (Lipinski definition) is 0. The summed E-state index contributed by atoms with van der Waals surface area (Å²) >= 11 is 1.50. The highest BCUT2D eigenvalue weighted by atomic mass is 32.2. The predicted molar refractivity (Wildman–Crippen MR) is 128 cm³/mol. The van der Waals surface area contributed by atoms with E-state index in [-0.39, 0.29) is 12.5 Å². The predicted octanol–water partition coefficient (Wildman–Crippen LogP) is 4.55. The molecule has 2 aliphatic rings. The van der Waals surface area contributed by atoms with Crippen molar-refractivity contribution in [3.8, 4) is 0 Å². The zero-order valence-corrected chi connectivity index (χ0v) is 21.3. The molecule has 1 amide bonds. The number of fused-ring (bicyclic) bond motifs is 1. The molecule has 2 fully saturated rings. The number of hydrogen-bond acceptors (Lipinski definition) is 7. The highest BCUT2D eigenvalue weighted by molar-refractivity contribution is 8.00. The van der Waals surface area contributed by atoms with Gasteiger partial charge in [-0.3, -0.25) is 9.59 Å². The molecule has 7 nitrogen and oxygen atoms in total. The smallest absolute Gasteiger partial charge is 0.311 e. The van der Waals surface area contributed by atoms with Crippen LogP contribution in [0, 0.1) is 10.8 Å². The molecule has 0 N–H and O–H groups in total. The van der Waals surface area contributed by atoms with Crippen LogP contribution in [0.5, 0.6) is 0 Å². The van der Waals surface area contributed by atoms with Crippen LogP contribution >= 0.6 is 11.8 Å². The molecule has 33 heavy (non-hydrogen) atoms. The SMILES string of the molecule is CCS[C@H]1O[C@@H]2COC(c3ccccc3)O[C@H]2[C@H](OC(=O)C(C)(C)C)C1=NC(=O)C(C)(C)C. The minimum Gasteiger partial charge on any atom is -0.453 e. The Morgan fingerprint density at radius 3 is 2.30 bits per heavy atom. The van der Waals surface area contributed by atoms with Gasteiger partial charge in [-0.25, -0.2) is 4.99 Å². The third-order valence-electron chi connectivity index (χ3n) is 5.30. The topological polar surface area (TPSA) is 83.4 Å². The van der Waals surface area contributed by atoms with Crippen LogP contribution in [0.1, 0.15) is 60.3 Å². The van der Waals surface area contributed by atoms with Gasteiger partial charge in [0.15, 0.2) is 12.4 Å². The Morgan fingerprint density at radius 1 is 1.06 bits per heavy atom. The van der Waals surface area contributed by atoms with E-state index in [9.17, 15) is 9.59 Å². The molecule has 1 aromatic carbocycles. The first-order chi connectivity index (χ1) is 15.4. The van der Waals surface area contributed by atoms with E-state index in [0.717, 1.165) is 11.3 Å². The van der Waals surface area contributed by atoms with Crippen molar-refractivity contribution in [1.29, 1.82) is 0 Å². The molecule has 2 heterocycles. The Balaban J connectivity index is 2.01. The van der Waals surface area contributed by atoms with Gasteiger partial charge in [0.05, 0.1) is 12.0 Å². The Morgan fingerprint density at radius 2 is 1.73 bits per heavy atom. The van der Waals surface area contributed by atoms with Crippen molar-refractivity contribution in [2.45, 2.75) is 78.5 Å². The molecule has 2 saturated heterocycles. The lowest BCUT2D eigenvalue weighted by molar-refractivity contribution is -0.286. The van der Waals surface area contributed by atoms with E-state index >= 15 is 0 Å². The van der Waals surface area contributed by atoms with E-state index in [0.29, 0.717) is 5.71 Å². The van der Waals surface area contributed by atoms with Gasteiger partial charge >= 0.3 is 5.97 Å². The van der Waals surface area contributed by atoms with Gasteiger partial charge < -0.3 is 18.9 Å². The molecule has 0 radical (unpaired) electrons. The zero-order valence-electron chi connectivity index (χ0n) is 20.5. The zero-order chi connectivity index (χ0) is 24.4. The second-order valence-corrected chi connectivity index (χ2v) is 11.6. The molecule has 0 spiro atoms. The van der Waals surface area contributed by atoms with E-state index in [1.165, 1.54) is 11.8 Å². The second kappa shape index (κ2) is 10.3. The van der Waals surface area contributed by atoms with Gasteiger partial charge in [-0.15, -0.1) is 11.8 Å². The molecule has 0 saturated carbocycles. The molecular formula is C25H35NO6S. The maximum Gasteiger partial charge on any atom is 0.311 e. The number of rotatable bonds is 4. The fraction of sp³-hybridized carbons (Fsp3) is 0.640. The van der Waals surface area contributed by atoms with Gasteiger partial charge in [0.25, 0.3) is 5.91 Å². The van der Waals surface area contributed by atoms with Crippen molar-refractivity contribution in [3.63, 3.8) is 0 Å². The lowest BCUT2D eigenvalue weighted by Gasteiger charge is -2.46. The molecule has 5 atom stereocenters. The van der Waals surface area contributed by atoms with Gasteiger partial charge in [0, 0.05) is 11.0 Å². The average Bonchev–Trinajstić information content (AvgIpc) is 2.74. The minimum atomic E-state index is -0.860. The van der Waals surface area contributed by atoms with Crippen molar-refractivity contribution in [2.24, 2.45) is 15.8 Å². The fourth-order valence-corrected chi connectivity index (χ4v) is 4.22. The van der Waals surface area contributed by atoms with Crippen LogP contribution in [-0.4, -0.2) is 53.7 Å². The first kappa shape index (κ1) is 25.9. The summed E-state index contributed by atoms with van der Waals surface area (Å²) in [6.45, 7) is 13.1. The van der Waals surface area contributed by atoms with E-state index in [1.54, 1.807) is 41.5 Å². The maximum atomic E-state index is 13.0. The summed E-state index contributed by atoms with van der Waals surface area (Å²) in [6, 6.07) is 9.57. The van der Waals surface area contributed by atoms with Crippen LogP contribution in [0.4, 0.5) is 0 Å². The molecule has 1 unspecified atom stereocenters. The highest BCUT2D eigenvalue weighted by Gasteiger charge is 2.51. The van der Waals surface area contributed by atoms with E-state index in [2.05, 4.69) is 4.99 Å². The third-order valence-corrected chi connectivity index (χ3v) is 6.29. The van der Waals surface area contributed by atoms with Gasteiger partial charge in [0.2, 0.25) is 0 Å². The summed E-state index contributed by atoms with van der Waals surface area (Å²) in [7, 11) is 0. The average molecular weight is 478 g/mol. The largest absolute Gasteiger partial charge is 0.453 e. The molecule has 3 rings (SSSR count). The summed E-state index contributed by atoms with van der Waals surface area (Å²) in [4.78, 5) is 30.3. The van der Waals surface area contributed by atoms with Crippen molar-refractivity contribution >= 4 is 29.4 Å². The van der Waals surface area contributed by atoms with Crippen LogP contribution in [0.25, 0.3) is 0 Å². The summed E-state index contributed by atoms with van der Waals surface area (Å²) in [6.07, 6.45) is -2.62. The minimum absolute atomic E-state index is 0.273. The van der Waals surface area contributed by atoms with Gasteiger partial charge in [-0.1, -0.05) is 58.0 Å². The Kier molecular flexibility index (Phi) is 8.04. The maximum absolute atomic E-state index is 13.0. The lowest BCUT2D eigenvalue weighted by Crippen LogP contribution is -2.61. The van der Waals surface area contributed by atoms with E-state index < -0.39 is 46.8 Å². The third kappa shape index (κ3) is 6.23. The summed E-state index contributed by atoms with van der Waals surface area (Å²) in [5, 5.41) is 0. The van der Waals surface area contributed by atoms with Gasteiger partial charge in [0.1, 0.15) is 23.4 Å². The van der Waals surface area contributed by atoms with Crippen LogP contribution in [0.15, 0.2) is 35.3 Å².